The molecule has 1 aromatic carbocycles. The number of imidazole rings is 1. The molecule has 0 radical (unpaired) electrons. The molecule has 5 rings (SSSR count). The molecule has 1 fully saturated rings. The third kappa shape index (κ3) is 3.73. The minimum Gasteiger partial charge on any atom is -0.368 e. The zero-order valence-electron chi connectivity index (χ0n) is 19.4. The number of nitrogens with zero attached hydrogens (tertiary/aromatic N) is 5. The second-order valence-electron chi connectivity index (χ2n) is 9.22. The van der Waals surface area contributed by atoms with Gasteiger partial charge in [-0.05, 0) is 63.1 Å². The molecule has 0 saturated carbocycles. The number of hydrogen-bond acceptors (Lipinski definition) is 5. The molecule has 0 amide bonds. The number of piperazine rings is 1. The molecule has 166 valence electrons. The molecule has 0 unspecified atom stereocenters. The number of carbonyl (C=O) groups excluding carboxylic acids is 1. The molecule has 1 aliphatic carbocycles. The summed E-state index contributed by atoms with van der Waals surface area (Å²) in [7, 11) is 0. The summed E-state index contributed by atoms with van der Waals surface area (Å²) >= 11 is 0. The standard InChI is InChI=1S/C26H31N5O/c1-5-31-18(3)14-29(15-19(31)4)22-8-6-21-11-23(25(32)9-7-20(21)10-22)24-16-30-13-17(2)27-12-26(30)28-24/h6,8,10-13,16,18-19H,5,7,9,14-15H2,1-4H3/t18-,19+. The first-order valence-corrected chi connectivity index (χ1v) is 11.6. The summed E-state index contributed by atoms with van der Waals surface area (Å²) < 4.78 is 1.94. The summed E-state index contributed by atoms with van der Waals surface area (Å²) in [6, 6.07) is 7.74. The number of rotatable bonds is 3. The van der Waals surface area contributed by atoms with Crippen LogP contribution in [0.3, 0.4) is 0 Å². The van der Waals surface area contributed by atoms with E-state index >= 15 is 0 Å². The number of aromatic nitrogens is 3. The van der Waals surface area contributed by atoms with Gasteiger partial charge in [0, 0.05) is 55.2 Å². The largest absolute Gasteiger partial charge is 0.368 e. The van der Waals surface area contributed by atoms with Gasteiger partial charge in [0.2, 0.25) is 0 Å². The molecule has 2 aliphatic rings. The van der Waals surface area contributed by atoms with Crippen molar-refractivity contribution in [2.75, 3.05) is 24.5 Å². The van der Waals surface area contributed by atoms with Crippen LogP contribution in [-0.4, -0.2) is 56.8 Å². The van der Waals surface area contributed by atoms with E-state index in [9.17, 15) is 4.79 Å². The molecule has 0 N–H and O–H groups in total. The van der Waals surface area contributed by atoms with Gasteiger partial charge in [-0.2, -0.15) is 0 Å². The highest BCUT2D eigenvalue weighted by Crippen LogP contribution is 2.31. The predicted octanol–water partition coefficient (Wildman–Crippen LogP) is 4.01. The molecule has 6 heteroatoms. The van der Waals surface area contributed by atoms with Crippen molar-refractivity contribution in [3.63, 3.8) is 0 Å². The Morgan fingerprint density at radius 1 is 1.09 bits per heavy atom. The molecule has 2 aromatic heterocycles. The van der Waals surface area contributed by atoms with E-state index in [4.69, 9.17) is 0 Å². The lowest BCUT2D eigenvalue weighted by molar-refractivity contribution is -0.113. The molecule has 6 nitrogen and oxygen atoms in total. The fourth-order valence-electron chi connectivity index (χ4n) is 5.30. The Morgan fingerprint density at radius 3 is 2.62 bits per heavy atom. The number of Topliss-reactive ketones (excluding diaryl/α,β-unsaturated/α-hetero) is 1. The number of ketones is 1. The molecule has 1 aliphatic heterocycles. The van der Waals surface area contributed by atoms with Gasteiger partial charge in [-0.3, -0.25) is 14.7 Å². The number of carbonyl (C=O) groups is 1. The first-order chi connectivity index (χ1) is 15.4. The number of likely N-dealkylation sites (N-methyl/N-ethyl adjacent to an activating group) is 1. The lowest BCUT2D eigenvalue weighted by Crippen LogP contribution is -2.56. The van der Waals surface area contributed by atoms with Gasteiger partial charge in [0.15, 0.2) is 11.4 Å². The number of fused-ring (bicyclic) bond motifs is 2. The molecular formula is C26H31N5O. The Bertz CT molecular complexity index is 1200. The number of allylic oxidation sites excluding steroid dienone is 1. The highest BCUT2D eigenvalue weighted by molar-refractivity contribution is 6.25. The Morgan fingerprint density at radius 2 is 1.88 bits per heavy atom. The van der Waals surface area contributed by atoms with Crippen LogP contribution >= 0.6 is 0 Å². The monoisotopic (exact) mass is 429 g/mol. The van der Waals surface area contributed by atoms with E-state index in [0.717, 1.165) is 48.7 Å². The fourth-order valence-corrected chi connectivity index (χ4v) is 5.30. The first kappa shape index (κ1) is 20.9. The highest BCUT2D eigenvalue weighted by Gasteiger charge is 2.29. The highest BCUT2D eigenvalue weighted by atomic mass is 16.1. The maximum absolute atomic E-state index is 13.0. The maximum Gasteiger partial charge on any atom is 0.165 e. The van der Waals surface area contributed by atoms with Crippen molar-refractivity contribution in [1.82, 2.24) is 19.3 Å². The Kier molecular flexibility index (Phi) is 5.33. The summed E-state index contributed by atoms with van der Waals surface area (Å²) in [6.07, 6.45) is 8.91. The van der Waals surface area contributed by atoms with Gasteiger partial charge in [-0.15, -0.1) is 0 Å². The van der Waals surface area contributed by atoms with Crippen LogP contribution in [0.1, 0.15) is 49.7 Å². The van der Waals surface area contributed by atoms with Crippen LogP contribution in [0.5, 0.6) is 0 Å². The van der Waals surface area contributed by atoms with E-state index in [1.807, 2.05) is 29.8 Å². The van der Waals surface area contributed by atoms with E-state index in [-0.39, 0.29) is 5.78 Å². The molecule has 0 bridgehead atoms. The van der Waals surface area contributed by atoms with Gasteiger partial charge in [0.1, 0.15) is 0 Å². The molecule has 2 atom stereocenters. The zero-order valence-corrected chi connectivity index (χ0v) is 19.4. The second-order valence-corrected chi connectivity index (χ2v) is 9.22. The van der Waals surface area contributed by atoms with E-state index < -0.39 is 0 Å². The van der Waals surface area contributed by atoms with Crippen molar-refractivity contribution >= 4 is 28.8 Å². The summed E-state index contributed by atoms with van der Waals surface area (Å²) in [5.74, 6) is 0.148. The second kappa shape index (κ2) is 8.17. The quantitative estimate of drug-likeness (QED) is 0.630. The van der Waals surface area contributed by atoms with E-state index in [2.05, 4.69) is 58.7 Å². The summed E-state index contributed by atoms with van der Waals surface area (Å²) in [4.78, 5) is 27.1. The zero-order chi connectivity index (χ0) is 22.4. The van der Waals surface area contributed by atoms with Crippen molar-refractivity contribution in [2.24, 2.45) is 0 Å². The van der Waals surface area contributed by atoms with Crippen LogP contribution in [0.15, 0.2) is 36.8 Å². The molecule has 0 spiro atoms. The van der Waals surface area contributed by atoms with E-state index in [1.165, 1.54) is 11.3 Å². The molecule has 3 heterocycles. The van der Waals surface area contributed by atoms with Gasteiger partial charge < -0.3 is 9.30 Å². The number of benzene rings is 1. The molecule has 1 saturated heterocycles. The number of anilines is 1. The van der Waals surface area contributed by atoms with E-state index in [1.54, 1.807) is 6.20 Å². The van der Waals surface area contributed by atoms with Gasteiger partial charge in [0.25, 0.3) is 0 Å². The first-order valence-electron chi connectivity index (χ1n) is 11.6. The maximum atomic E-state index is 13.0. The Balaban J connectivity index is 1.47. The average molecular weight is 430 g/mol. The van der Waals surface area contributed by atoms with Gasteiger partial charge in [-0.25, -0.2) is 4.98 Å². The van der Waals surface area contributed by atoms with Gasteiger partial charge in [0.05, 0.1) is 17.6 Å². The molecular weight excluding hydrogens is 398 g/mol. The number of aryl methyl sites for hydroxylation is 2. The van der Waals surface area contributed by atoms with Crippen molar-refractivity contribution in [3.8, 4) is 0 Å². The van der Waals surface area contributed by atoms with E-state index in [0.29, 0.717) is 24.1 Å². The van der Waals surface area contributed by atoms with Crippen LogP contribution < -0.4 is 4.90 Å². The Labute approximate surface area is 189 Å². The predicted molar refractivity (Wildman–Crippen MR) is 129 cm³/mol. The van der Waals surface area contributed by atoms with Crippen LogP contribution in [-0.2, 0) is 11.2 Å². The fraction of sp³-hybridized carbons (Fsp3) is 0.423. The lowest BCUT2D eigenvalue weighted by Gasteiger charge is -2.45. The van der Waals surface area contributed by atoms with Crippen molar-refractivity contribution in [3.05, 3.63) is 59.3 Å². The molecule has 3 aromatic rings. The van der Waals surface area contributed by atoms with Crippen LogP contribution in [0, 0.1) is 6.92 Å². The van der Waals surface area contributed by atoms with Crippen LogP contribution in [0.25, 0.3) is 17.3 Å². The number of hydrogen-bond donors (Lipinski definition) is 0. The van der Waals surface area contributed by atoms with Crippen molar-refractivity contribution in [1.29, 1.82) is 0 Å². The van der Waals surface area contributed by atoms with Crippen LogP contribution in [0.2, 0.25) is 0 Å². The Hall–Kier alpha value is -2.99. The van der Waals surface area contributed by atoms with Gasteiger partial charge in [-0.1, -0.05) is 13.0 Å². The average Bonchev–Trinajstić information content (AvgIpc) is 3.10. The topological polar surface area (TPSA) is 53.7 Å². The smallest absolute Gasteiger partial charge is 0.165 e. The lowest BCUT2D eigenvalue weighted by atomic mass is 10.0. The third-order valence-electron chi connectivity index (χ3n) is 6.93. The normalized spacial score (nSPS) is 22.1. The third-order valence-corrected chi connectivity index (χ3v) is 6.93. The SMILES string of the molecule is CCN1[C@H](C)CN(c2ccc3c(c2)CCC(=O)C(c2cn4cc(C)ncc4n2)=C3)C[C@@H]1C. The summed E-state index contributed by atoms with van der Waals surface area (Å²) in [6.45, 7) is 12.0. The minimum absolute atomic E-state index is 0.148. The molecule has 32 heavy (non-hydrogen) atoms. The summed E-state index contributed by atoms with van der Waals surface area (Å²) in [5, 5.41) is 0. The van der Waals surface area contributed by atoms with Crippen LogP contribution in [0.4, 0.5) is 5.69 Å². The van der Waals surface area contributed by atoms with Crippen molar-refractivity contribution < 1.29 is 4.79 Å². The summed E-state index contributed by atoms with van der Waals surface area (Å²) in [5.41, 5.74) is 6.71. The van der Waals surface area contributed by atoms with Crippen molar-refractivity contribution in [2.45, 2.75) is 52.6 Å². The minimum atomic E-state index is 0.148. The van der Waals surface area contributed by atoms with Gasteiger partial charge >= 0.3 is 0 Å².